The number of nitrogens with zero attached hydrogens (tertiary/aromatic N) is 5. The van der Waals surface area contributed by atoms with Crippen molar-refractivity contribution in [3.05, 3.63) is 65.3 Å². The molecule has 150 valence electrons. The van der Waals surface area contributed by atoms with Crippen molar-refractivity contribution < 1.29 is 9.32 Å². The summed E-state index contributed by atoms with van der Waals surface area (Å²) in [4.78, 5) is 25.3. The van der Waals surface area contributed by atoms with Crippen LogP contribution in [-0.2, 0) is 6.42 Å². The van der Waals surface area contributed by atoms with E-state index in [4.69, 9.17) is 16.1 Å². The van der Waals surface area contributed by atoms with Crippen molar-refractivity contribution in [1.29, 1.82) is 0 Å². The van der Waals surface area contributed by atoms with E-state index < -0.39 is 0 Å². The minimum Gasteiger partial charge on any atom is -0.339 e. The van der Waals surface area contributed by atoms with Crippen LogP contribution in [0.4, 0.5) is 0 Å². The first-order valence-electron chi connectivity index (χ1n) is 9.69. The number of halogens is 1. The molecular weight excluding hydrogens is 390 g/mol. The second-order valence-corrected chi connectivity index (χ2v) is 7.43. The number of carbonyl (C=O) groups is 1. The van der Waals surface area contributed by atoms with Crippen molar-refractivity contribution in [1.82, 2.24) is 24.9 Å². The van der Waals surface area contributed by atoms with Crippen molar-refractivity contribution in [3.8, 4) is 11.4 Å². The van der Waals surface area contributed by atoms with Gasteiger partial charge in [-0.2, -0.15) is 4.98 Å². The molecule has 7 nitrogen and oxygen atoms in total. The van der Waals surface area contributed by atoms with E-state index in [0.29, 0.717) is 35.3 Å². The van der Waals surface area contributed by atoms with Crippen molar-refractivity contribution in [2.24, 2.45) is 0 Å². The predicted octanol–water partition coefficient (Wildman–Crippen LogP) is 3.18. The fraction of sp³-hybridized carbons (Fsp3) is 0.333. The number of benzene rings is 1. The normalized spacial score (nSPS) is 15.3. The highest BCUT2D eigenvalue weighted by atomic mass is 35.5. The van der Waals surface area contributed by atoms with Crippen LogP contribution in [-0.4, -0.2) is 63.6 Å². The molecule has 0 N–H and O–H groups in total. The Morgan fingerprint density at radius 3 is 2.79 bits per heavy atom. The third-order valence-corrected chi connectivity index (χ3v) is 5.23. The van der Waals surface area contributed by atoms with E-state index >= 15 is 0 Å². The van der Waals surface area contributed by atoms with Gasteiger partial charge in [-0.05, 0) is 37.2 Å². The topological polar surface area (TPSA) is 75.4 Å². The van der Waals surface area contributed by atoms with E-state index in [9.17, 15) is 4.79 Å². The van der Waals surface area contributed by atoms with Crippen LogP contribution in [0.1, 0.15) is 22.7 Å². The van der Waals surface area contributed by atoms with Gasteiger partial charge >= 0.3 is 0 Å². The lowest BCUT2D eigenvalue weighted by molar-refractivity contribution is 0.0761. The van der Waals surface area contributed by atoms with Crippen LogP contribution in [0, 0.1) is 0 Å². The molecule has 8 heteroatoms. The van der Waals surface area contributed by atoms with Gasteiger partial charge in [-0.25, -0.2) is 0 Å². The van der Waals surface area contributed by atoms with Crippen molar-refractivity contribution >= 4 is 17.5 Å². The van der Waals surface area contributed by atoms with Gasteiger partial charge in [-0.3, -0.25) is 9.78 Å². The lowest BCUT2D eigenvalue weighted by atomic mass is 10.2. The lowest BCUT2D eigenvalue weighted by Crippen LogP contribution is -2.35. The summed E-state index contributed by atoms with van der Waals surface area (Å²) in [7, 11) is 0. The molecule has 0 unspecified atom stereocenters. The second kappa shape index (κ2) is 9.15. The molecule has 0 radical (unpaired) electrons. The van der Waals surface area contributed by atoms with Crippen molar-refractivity contribution in [2.45, 2.75) is 12.8 Å². The van der Waals surface area contributed by atoms with Crippen molar-refractivity contribution in [3.63, 3.8) is 0 Å². The quantitative estimate of drug-likeness (QED) is 0.641. The Morgan fingerprint density at radius 2 is 1.97 bits per heavy atom. The van der Waals surface area contributed by atoms with Gasteiger partial charge in [0, 0.05) is 61.1 Å². The van der Waals surface area contributed by atoms with Crippen molar-refractivity contribution in [2.75, 3.05) is 32.7 Å². The molecule has 1 aromatic carbocycles. The minimum atomic E-state index is 0.0670. The fourth-order valence-electron chi connectivity index (χ4n) is 3.43. The molecule has 1 amide bonds. The number of rotatable bonds is 5. The molecule has 29 heavy (non-hydrogen) atoms. The summed E-state index contributed by atoms with van der Waals surface area (Å²) in [6.07, 6.45) is 4.92. The average Bonchev–Trinajstić information content (AvgIpc) is 3.10. The zero-order chi connectivity index (χ0) is 20.1. The van der Waals surface area contributed by atoms with Gasteiger partial charge in [0.05, 0.1) is 0 Å². The smallest absolute Gasteiger partial charge is 0.254 e. The first kappa shape index (κ1) is 19.5. The molecule has 1 aliphatic rings. The largest absolute Gasteiger partial charge is 0.339 e. The van der Waals surface area contributed by atoms with Crippen LogP contribution >= 0.6 is 11.6 Å². The average molecular weight is 412 g/mol. The number of aromatic nitrogens is 3. The first-order chi connectivity index (χ1) is 14.2. The molecule has 0 spiro atoms. The predicted molar refractivity (Wildman–Crippen MR) is 110 cm³/mol. The van der Waals surface area contributed by atoms with Crippen LogP contribution in [0.5, 0.6) is 0 Å². The number of hydrogen-bond acceptors (Lipinski definition) is 6. The lowest BCUT2D eigenvalue weighted by Gasteiger charge is -2.21. The van der Waals surface area contributed by atoms with Gasteiger partial charge in [0.25, 0.3) is 5.91 Å². The van der Waals surface area contributed by atoms with E-state index in [1.54, 1.807) is 24.5 Å². The van der Waals surface area contributed by atoms with Gasteiger partial charge in [-0.1, -0.05) is 28.9 Å². The third kappa shape index (κ3) is 4.99. The Labute approximate surface area is 174 Å². The summed E-state index contributed by atoms with van der Waals surface area (Å²) in [6.45, 7) is 4.05. The molecule has 2 aromatic heterocycles. The van der Waals surface area contributed by atoms with Gasteiger partial charge < -0.3 is 14.3 Å². The molecule has 3 heterocycles. The Bertz CT molecular complexity index is 962. The number of carbonyl (C=O) groups excluding carboxylic acids is 1. The monoisotopic (exact) mass is 411 g/mol. The Morgan fingerprint density at radius 1 is 1.10 bits per heavy atom. The zero-order valence-corrected chi connectivity index (χ0v) is 16.8. The third-order valence-electron chi connectivity index (χ3n) is 5.00. The molecule has 0 bridgehead atoms. The summed E-state index contributed by atoms with van der Waals surface area (Å²) < 4.78 is 5.40. The summed E-state index contributed by atoms with van der Waals surface area (Å²) in [5, 5.41) is 4.70. The summed E-state index contributed by atoms with van der Waals surface area (Å²) in [5.41, 5.74) is 1.53. The molecule has 0 aliphatic carbocycles. The SMILES string of the molecule is O=C(c1ccncc1)N1CCCN(CCc2nc(-c3cccc(Cl)c3)no2)CC1. The molecule has 4 rings (SSSR count). The maximum atomic E-state index is 12.6. The van der Waals surface area contributed by atoms with Crippen LogP contribution in [0.2, 0.25) is 5.02 Å². The van der Waals surface area contributed by atoms with Gasteiger partial charge in [0.15, 0.2) is 0 Å². The summed E-state index contributed by atoms with van der Waals surface area (Å²) in [6, 6.07) is 10.9. The van der Waals surface area contributed by atoms with Gasteiger partial charge in [0.2, 0.25) is 11.7 Å². The standard InChI is InChI=1S/C21H22ClN5O2/c22-18-4-1-3-17(15-18)20-24-19(29-25-20)7-12-26-10-2-11-27(14-13-26)21(28)16-5-8-23-9-6-16/h1,3-6,8-9,15H,2,7,10-14H2. The Kier molecular flexibility index (Phi) is 6.17. The van der Waals surface area contributed by atoms with Crippen LogP contribution in [0.25, 0.3) is 11.4 Å². The van der Waals surface area contributed by atoms with E-state index in [-0.39, 0.29) is 5.91 Å². The molecule has 0 atom stereocenters. The van der Waals surface area contributed by atoms with Crippen LogP contribution in [0.3, 0.4) is 0 Å². The molecule has 0 saturated carbocycles. The van der Waals surface area contributed by atoms with E-state index in [0.717, 1.165) is 38.2 Å². The molecule has 1 fully saturated rings. The molecule has 1 saturated heterocycles. The van der Waals surface area contributed by atoms with Crippen LogP contribution < -0.4 is 0 Å². The van der Waals surface area contributed by atoms with Gasteiger partial charge in [0.1, 0.15) is 0 Å². The summed E-state index contributed by atoms with van der Waals surface area (Å²) in [5.74, 6) is 1.22. The second-order valence-electron chi connectivity index (χ2n) is 7.00. The molecular formula is C21H22ClN5O2. The zero-order valence-electron chi connectivity index (χ0n) is 16.0. The first-order valence-corrected chi connectivity index (χ1v) is 10.1. The molecule has 3 aromatic rings. The number of pyridine rings is 1. The summed E-state index contributed by atoms with van der Waals surface area (Å²) >= 11 is 6.03. The maximum Gasteiger partial charge on any atom is 0.254 e. The number of hydrogen-bond donors (Lipinski definition) is 0. The highest BCUT2D eigenvalue weighted by Crippen LogP contribution is 2.20. The Balaban J connectivity index is 1.30. The van der Waals surface area contributed by atoms with E-state index in [1.807, 2.05) is 29.2 Å². The maximum absolute atomic E-state index is 12.6. The number of amides is 1. The Hall–Kier alpha value is -2.77. The highest BCUT2D eigenvalue weighted by Gasteiger charge is 2.20. The van der Waals surface area contributed by atoms with Gasteiger partial charge in [-0.15, -0.1) is 0 Å². The van der Waals surface area contributed by atoms with Crippen LogP contribution in [0.15, 0.2) is 53.3 Å². The molecule has 1 aliphatic heterocycles. The van der Waals surface area contributed by atoms with E-state index in [1.165, 1.54) is 0 Å². The minimum absolute atomic E-state index is 0.0670. The highest BCUT2D eigenvalue weighted by molar-refractivity contribution is 6.30. The fourth-order valence-corrected chi connectivity index (χ4v) is 3.62. The van der Waals surface area contributed by atoms with E-state index in [2.05, 4.69) is 20.0 Å².